The molecule has 1 aliphatic rings. The van der Waals surface area contributed by atoms with Gasteiger partial charge < -0.3 is 4.74 Å². The number of rotatable bonds is 5. The third-order valence-corrected chi connectivity index (χ3v) is 3.66. The van der Waals surface area contributed by atoms with Crippen LogP contribution in [0.2, 0.25) is 0 Å². The molecule has 0 saturated carbocycles. The average Bonchev–Trinajstić information content (AvgIpc) is 2.69. The Morgan fingerprint density at radius 1 is 1.26 bits per heavy atom. The SMILES string of the molecule is CC.COC1(C)CN(CCCn2cc(C)c(C)n2)C1. The molecule has 1 aromatic heterocycles. The lowest BCUT2D eigenvalue weighted by atomic mass is 9.96. The van der Waals surface area contributed by atoms with Crippen molar-refractivity contribution in [3.8, 4) is 0 Å². The Bertz CT molecular complexity index is 361. The van der Waals surface area contributed by atoms with Crippen molar-refractivity contribution < 1.29 is 4.74 Å². The highest BCUT2D eigenvalue weighted by atomic mass is 16.5. The first-order valence-electron chi connectivity index (χ1n) is 7.30. The molecule has 0 unspecified atom stereocenters. The Hall–Kier alpha value is -0.870. The van der Waals surface area contributed by atoms with E-state index in [0.29, 0.717) is 0 Å². The van der Waals surface area contributed by atoms with Gasteiger partial charge in [-0.25, -0.2) is 0 Å². The van der Waals surface area contributed by atoms with E-state index in [-0.39, 0.29) is 5.60 Å². The maximum Gasteiger partial charge on any atom is 0.0903 e. The summed E-state index contributed by atoms with van der Waals surface area (Å²) in [5.74, 6) is 0. The normalized spacial score (nSPS) is 17.6. The number of methoxy groups -OCH3 is 1. The topological polar surface area (TPSA) is 30.3 Å². The second kappa shape index (κ2) is 7.06. The van der Waals surface area contributed by atoms with E-state index in [1.807, 2.05) is 13.8 Å². The highest BCUT2D eigenvalue weighted by molar-refractivity contribution is 5.12. The molecule has 0 aliphatic carbocycles. The van der Waals surface area contributed by atoms with Crippen LogP contribution in [0, 0.1) is 13.8 Å². The second-order valence-electron chi connectivity index (χ2n) is 5.38. The number of ether oxygens (including phenoxy) is 1. The number of aromatic nitrogens is 2. The molecule has 2 heterocycles. The van der Waals surface area contributed by atoms with Crippen LogP contribution in [0.3, 0.4) is 0 Å². The van der Waals surface area contributed by atoms with E-state index < -0.39 is 0 Å². The summed E-state index contributed by atoms with van der Waals surface area (Å²) in [7, 11) is 1.80. The van der Waals surface area contributed by atoms with Crippen molar-refractivity contribution in [2.45, 2.75) is 53.2 Å². The number of aryl methyl sites for hydroxylation is 3. The van der Waals surface area contributed by atoms with Crippen molar-refractivity contribution in [1.82, 2.24) is 14.7 Å². The molecule has 2 rings (SSSR count). The number of hydrogen-bond donors (Lipinski definition) is 0. The van der Waals surface area contributed by atoms with Crippen LogP contribution in [0.5, 0.6) is 0 Å². The van der Waals surface area contributed by atoms with E-state index in [0.717, 1.165) is 38.3 Å². The molecule has 4 nitrogen and oxygen atoms in total. The first-order chi connectivity index (χ1) is 9.02. The monoisotopic (exact) mass is 267 g/mol. The Labute approximate surface area is 117 Å². The van der Waals surface area contributed by atoms with Crippen LogP contribution in [-0.4, -0.2) is 47.0 Å². The van der Waals surface area contributed by atoms with E-state index in [4.69, 9.17) is 4.74 Å². The van der Waals surface area contributed by atoms with Crippen LogP contribution in [0.4, 0.5) is 0 Å². The highest BCUT2D eigenvalue weighted by Gasteiger charge is 2.37. The summed E-state index contributed by atoms with van der Waals surface area (Å²) >= 11 is 0. The van der Waals surface area contributed by atoms with Crippen LogP contribution in [-0.2, 0) is 11.3 Å². The predicted molar refractivity (Wildman–Crippen MR) is 79.5 cm³/mol. The highest BCUT2D eigenvalue weighted by Crippen LogP contribution is 2.23. The molecule has 0 aromatic carbocycles. The van der Waals surface area contributed by atoms with Gasteiger partial charge in [-0.1, -0.05) is 13.8 Å². The molecule has 110 valence electrons. The van der Waals surface area contributed by atoms with Gasteiger partial charge in [-0.2, -0.15) is 5.10 Å². The predicted octanol–water partition coefficient (Wildman–Crippen LogP) is 2.64. The molecule has 0 atom stereocenters. The molecule has 1 aliphatic heterocycles. The first-order valence-corrected chi connectivity index (χ1v) is 7.30. The summed E-state index contributed by atoms with van der Waals surface area (Å²) in [6.07, 6.45) is 3.28. The molecule has 1 aromatic rings. The Morgan fingerprint density at radius 2 is 1.89 bits per heavy atom. The van der Waals surface area contributed by atoms with Crippen LogP contribution in [0.15, 0.2) is 6.20 Å². The fraction of sp³-hybridized carbons (Fsp3) is 0.800. The number of hydrogen-bond acceptors (Lipinski definition) is 3. The lowest BCUT2D eigenvalue weighted by Crippen LogP contribution is -2.60. The van der Waals surface area contributed by atoms with Gasteiger partial charge in [0.15, 0.2) is 0 Å². The smallest absolute Gasteiger partial charge is 0.0903 e. The standard InChI is InChI=1S/C13H23N3O.C2H6/c1-11-8-16(14-12(11)2)7-5-6-15-9-13(3,10-15)17-4;1-2/h8H,5-7,9-10H2,1-4H3;1-2H3. The molecule has 4 heteroatoms. The van der Waals surface area contributed by atoms with E-state index in [1.54, 1.807) is 7.11 Å². The lowest BCUT2D eigenvalue weighted by Gasteiger charge is -2.47. The van der Waals surface area contributed by atoms with Gasteiger partial charge in [0.2, 0.25) is 0 Å². The minimum Gasteiger partial charge on any atom is -0.376 e. The molecule has 1 fully saturated rings. The van der Waals surface area contributed by atoms with Crippen molar-refractivity contribution >= 4 is 0 Å². The van der Waals surface area contributed by atoms with Crippen molar-refractivity contribution in [2.75, 3.05) is 26.7 Å². The molecule has 0 N–H and O–H groups in total. The quantitative estimate of drug-likeness (QED) is 0.821. The third-order valence-electron chi connectivity index (χ3n) is 3.66. The van der Waals surface area contributed by atoms with Gasteiger partial charge in [-0.3, -0.25) is 9.58 Å². The lowest BCUT2D eigenvalue weighted by molar-refractivity contribution is -0.111. The Morgan fingerprint density at radius 3 is 2.37 bits per heavy atom. The van der Waals surface area contributed by atoms with Crippen LogP contribution >= 0.6 is 0 Å². The second-order valence-corrected chi connectivity index (χ2v) is 5.38. The molecule has 0 amide bonds. The maximum absolute atomic E-state index is 5.43. The zero-order valence-electron chi connectivity index (χ0n) is 13.4. The molecule has 0 spiro atoms. The fourth-order valence-electron chi connectivity index (χ4n) is 2.38. The van der Waals surface area contributed by atoms with Crippen LogP contribution in [0.1, 0.15) is 38.4 Å². The molecule has 1 saturated heterocycles. The van der Waals surface area contributed by atoms with Gasteiger partial charge in [-0.15, -0.1) is 0 Å². The van der Waals surface area contributed by atoms with Gasteiger partial charge in [0.05, 0.1) is 11.3 Å². The van der Waals surface area contributed by atoms with E-state index >= 15 is 0 Å². The summed E-state index contributed by atoms with van der Waals surface area (Å²) in [6, 6.07) is 0. The number of nitrogens with zero attached hydrogens (tertiary/aromatic N) is 3. The van der Waals surface area contributed by atoms with Gasteiger partial charge in [0, 0.05) is 39.5 Å². The Balaban J connectivity index is 0.000000861. The Kier molecular flexibility index (Phi) is 6.01. The largest absolute Gasteiger partial charge is 0.376 e. The van der Waals surface area contributed by atoms with Crippen LogP contribution in [0.25, 0.3) is 0 Å². The summed E-state index contributed by atoms with van der Waals surface area (Å²) in [5, 5.41) is 4.47. The van der Waals surface area contributed by atoms with E-state index in [1.165, 1.54) is 5.56 Å². The molecular weight excluding hydrogens is 238 g/mol. The van der Waals surface area contributed by atoms with Gasteiger partial charge >= 0.3 is 0 Å². The van der Waals surface area contributed by atoms with Gasteiger partial charge in [0.25, 0.3) is 0 Å². The summed E-state index contributed by atoms with van der Waals surface area (Å²) < 4.78 is 7.48. The number of likely N-dealkylation sites (tertiary alicyclic amines) is 1. The molecule has 0 bridgehead atoms. The van der Waals surface area contributed by atoms with Gasteiger partial charge in [0.1, 0.15) is 0 Å². The van der Waals surface area contributed by atoms with Crippen molar-refractivity contribution in [2.24, 2.45) is 0 Å². The van der Waals surface area contributed by atoms with Gasteiger partial charge in [-0.05, 0) is 32.8 Å². The third kappa shape index (κ3) is 4.32. The molecular formula is C15H29N3O. The summed E-state index contributed by atoms with van der Waals surface area (Å²) in [5.41, 5.74) is 2.51. The van der Waals surface area contributed by atoms with Crippen molar-refractivity contribution in [3.05, 3.63) is 17.5 Å². The molecule has 19 heavy (non-hydrogen) atoms. The minimum absolute atomic E-state index is 0.0961. The average molecular weight is 267 g/mol. The van der Waals surface area contributed by atoms with E-state index in [2.05, 4.69) is 41.6 Å². The molecule has 0 radical (unpaired) electrons. The zero-order valence-corrected chi connectivity index (χ0v) is 13.4. The summed E-state index contributed by atoms with van der Waals surface area (Å²) in [4.78, 5) is 2.44. The maximum atomic E-state index is 5.43. The minimum atomic E-state index is 0.0961. The van der Waals surface area contributed by atoms with Crippen molar-refractivity contribution in [1.29, 1.82) is 0 Å². The fourth-order valence-corrected chi connectivity index (χ4v) is 2.38. The van der Waals surface area contributed by atoms with Crippen molar-refractivity contribution in [3.63, 3.8) is 0 Å². The van der Waals surface area contributed by atoms with Crippen LogP contribution < -0.4 is 0 Å². The van der Waals surface area contributed by atoms with E-state index in [9.17, 15) is 0 Å². The summed E-state index contributed by atoms with van der Waals surface area (Å²) in [6.45, 7) is 14.6. The zero-order chi connectivity index (χ0) is 14.5. The first kappa shape index (κ1) is 16.2.